The number of rotatable bonds is 9. The predicted octanol–water partition coefficient (Wildman–Crippen LogP) is 3.54. The molecule has 2 unspecified atom stereocenters. The van der Waals surface area contributed by atoms with Crippen LogP contribution in [0.25, 0.3) is 0 Å². The Labute approximate surface area is 132 Å². The van der Waals surface area contributed by atoms with Crippen LogP contribution in [0.15, 0.2) is 0 Å². The summed E-state index contributed by atoms with van der Waals surface area (Å²) >= 11 is 0. The molecule has 1 fully saturated rings. The molecule has 0 amide bonds. The molecule has 0 bridgehead atoms. The first-order chi connectivity index (χ1) is 9.99. The predicted molar refractivity (Wildman–Crippen MR) is 91.8 cm³/mol. The molecule has 0 aliphatic carbocycles. The highest BCUT2D eigenvalue weighted by Gasteiger charge is 2.39. The molecule has 126 valence electrons. The Bertz CT molecular complexity index is 276. The van der Waals surface area contributed by atoms with E-state index in [-0.39, 0.29) is 0 Å². The SMILES string of the molecule is CCC(C)C1CN(CCOCC(C)C)C(CC)(CC)CN1. The Morgan fingerprint density at radius 2 is 1.86 bits per heavy atom. The Balaban J connectivity index is 2.61. The topological polar surface area (TPSA) is 24.5 Å². The summed E-state index contributed by atoms with van der Waals surface area (Å²) in [7, 11) is 0. The van der Waals surface area contributed by atoms with Gasteiger partial charge in [0.25, 0.3) is 0 Å². The van der Waals surface area contributed by atoms with Gasteiger partial charge in [-0.2, -0.15) is 0 Å². The average Bonchev–Trinajstić information content (AvgIpc) is 2.50. The lowest BCUT2D eigenvalue weighted by molar-refractivity contribution is -0.00654. The van der Waals surface area contributed by atoms with Gasteiger partial charge in [-0.05, 0) is 24.7 Å². The van der Waals surface area contributed by atoms with Crippen LogP contribution in [-0.4, -0.2) is 49.3 Å². The maximum Gasteiger partial charge on any atom is 0.0593 e. The first-order valence-electron chi connectivity index (χ1n) is 9.05. The zero-order chi connectivity index (χ0) is 15.9. The van der Waals surface area contributed by atoms with Gasteiger partial charge >= 0.3 is 0 Å². The summed E-state index contributed by atoms with van der Waals surface area (Å²) in [6.45, 7) is 18.9. The van der Waals surface area contributed by atoms with Crippen LogP contribution in [0.5, 0.6) is 0 Å². The van der Waals surface area contributed by atoms with Crippen molar-refractivity contribution >= 4 is 0 Å². The molecule has 0 saturated carbocycles. The van der Waals surface area contributed by atoms with Gasteiger partial charge in [0.2, 0.25) is 0 Å². The van der Waals surface area contributed by atoms with E-state index in [0.717, 1.165) is 32.2 Å². The van der Waals surface area contributed by atoms with Crippen molar-refractivity contribution in [2.75, 3.05) is 32.8 Å². The van der Waals surface area contributed by atoms with E-state index in [0.29, 0.717) is 17.5 Å². The molecular formula is C18H38N2O. The van der Waals surface area contributed by atoms with Crippen LogP contribution in [0.3, 0.4) is 0 Å². The van der Waals surface area contributed by atoms with Crippen molar-refractivity contribution in [3.05, 3.63) is 0 Å². The number of piperazine rings is 1. The molecule has 1 aliphatic heterocycles. The van der Waals surface area contributed by atoms with E-state index in [2.05, 4.69) is 51.8 Å². The van der Waals surface area contributed by atoms with Crippen molar-refractivity contribution in [1.29, 1.82) is 0 Å². The normalized spacial score (nSPS) is 24.4. The van der Waals surface area contributed by atoms with E-state index in [9.17, 15) is 0 Å². The minimum absolute atomic E-state index is 0.325. The summed E-state index contributed by atoms with van der Waals surface area (Å²) in [5, 5.41) is 3.82. The van der Waals surface area contributed by atoms with Gasteiger partial charge in [-0.3, -0.25) is 4.90 Å². The highest BCUT2D eigenvalue weighted by atomic mass is 16.5. The number of nitrogens with one attached hydrogen (secondary N) is 1. The van der Waals surface area contributed by atoms with E-state index >= 15 is 0 Å². The third-order valence-electron chi connectivity index (χ3n) is 5.39. The van der Waals surface area contributed by atoms with Gasteiger partial charge in [-0.25, -0.2) is 0 Å². The molecule has 1 heterocycles. The largest absolute Gasteiger partial charge is 0.380 e. The number of ether oxygens (including phenoxy) is 1. The van der Waals surface area contributed by atoms with Crippen LogP contribution in [0, 0.1) is 11.8 Å². The number of hydrogen-bond donors (Lipinski definition) is 1. The quantitative estimate of drug-likeness (QED) is 0.659. The van der Waals surface area contributed by atoms with E-state index in [1.165, 1.54) is 25.8 Å². The van der Waals surface area contributed by atoms with Crippen molar-refractivity contribution in [2.24, 2.45) is 11.8 Å². The smallest absolute Gasteiger partial charge is 0.0593 e. The first-order valence-corrected chi connectivity index (χ1v) is 9.05. The Kier molecular flexibility index (Phi) is 8.22. The lowest BCUT2D eigenvalue weighted by Crippen LogP contribution is -2.65. The summed E-state index contributed by atoms with van der Waals surface area (Å²) in [5.41, 5.74) is 0.325. The van der Waals surface area contributed by atoms with Crippen molar-refractivity contribution in [3.63, 3.8) is 0 Å². The fraction of sp³-hybridized carbons (Fsp3) is 1.00. The maximum absolute atomic E-state index is 5.84. The molecule has 3 nitrogen and oxygen atoms in total. The lowest BCUT2D eigenvalue weighted by Gasteiger charge is -2.51. The zero-order valence-corrected chi connectivity index (χ0v) is 15.2. The summed E-state index contributed by atoms with van der Waals surface area (Å²) in [5.74, 6) is 1.37. The molecule has 0 aromatic carbocycles. The van der Waals surface area contributed by atoms with Crippen molar-refractivity contribution < 1.29 is 4.74 Å². The maximum atomic E-state index is 5.84. The highest BCUT2D eigenvalue weighted by Crippen LogP contribution is 2.28. The molecule has 0 aromatic rings. The molecular weight excluding hydrogens is 260 g/mol. The molecule has 0 spiro atoms. The minimum atomic E-state index is 0.325. The van der Waals surface area contributed by atoms with Gasteiger partial charge in [0.1, 0.15) is 0 Å². The Morgan fingerprint density at radius 3 is 2.38 bits per heavy atom. The Hall–Kier alpha value is -0.120. The summed E-state index contributed by atoms with van der Waals surface area (Å²) < 4.78 is 5.84. The molecule has 2 atom stereocenters. The van der Waals surface area contributed by atoms with Gasteiger partial charge < -0.3 is 10.1 Å². The minimum Gasteiger partial charge on any atom is -0.380 e. The van der Waals surface area contributed by atoms with Gasteiger partial charge in [-0.1, -0.05) is 48.0 Å². The van der Waals surface area contributed by atoms with Crippen molar-refractivity contribution in [3.8, 4) is 0 Å². The molecule has 0 aromatic heterocycles. The van der Waals surface area contributed by atoms with Crippen molar-refractivity contribution in [1.82, 2.24) is 10.2 Å². The van der Waals surface area contributed by atoms with Crippen molar-refractivity contribution in [2.45, 2.75) is 72.4 Å². The molecule has 1 saturated heterocycles. The molecule has 3 heteroatoms. The second kappa shape index (κ2) is 9.12. The van der Waals surface area contributed by atoms with E-state index < -0.39 is 0 Å². The van der Waals surface area contributed by atoms with E-state index in [1.54, 1.807) is 0 Å². The standard InChI is InChI=1S/C18H38N2O/c1-7-16(6)17-12-20(10-11-21-13-15(4)5)18(8-2,9-3)14-19-17/h15-17,19H,7-14H2,1-6H3. The summed E-state index contributed by atoms with van der Waals surface area (Å²) in [6.07, 6.45) is 3.68. The van der Waals surface area contributed by atoms with E-state index in [4.69, 9.17) is 4.74 Å². The van der Waals surface area contributed by atoms with Gasteiger partial charge in [0.05, 0.1) is 6.61 Å². The molecule has 1 aliphatic rings. The zero-order valence-electron chi connectivity index (χ0n) is 15.2. The third-order valence-corrected chi connectivity index (χ3v) is 5.39. The van der Waals surface area contributed by atoms with Gasteiger partial charge in [-0.15, -0.1) is 0 Å². The van der Waals surface area contributed by atoms with E-state index in [1.807, 2.05) is 0 Å². The number of hydrogen-bond acceptors (Lipinski definition) is 3. The second-order valence-electron chi connectivity index (χ2n) is 7.22. The summed E-state index contributed by atoms with van der Waals surface area (Å²) in [4.78, 5) is 2.71. The number of nitrogens with zero attached hydrogens (tertiary/aromatic N) is 1. The molecule has 1 rings (SSSR count). The van der Waals surface area contributed by atoms with Crippen LogP contribution < -0.4 is 5.32 Å². The van der Waals surface area contributed by atoms with Crippen LogP contribution in [0.1, 0.15) is 60.8 Å². The molecule has 1 N–H and O–H groups in total. The monoisotopic (exact) mass is 298 g/mol. The molecule has 0 radical (unpaired) electrons. The van der Waals surface area contributed by atoms with Crippen LogP contribution in [-0.2, 0) is 4.74 Å². The third kappa shape index (κ3) is 5.22. The van der Waals surface area contributed by atoms with Gasteiger partial charge in [0.15, 0.2) is 0 Å². The van der Waals surface area contributed by atoms with Crippen LogP contribution in [0.4, 0.5) is 0 Å². The lowest BCUT2D eigenvalue weighted by atomic mass is 9.84. The fourth-order valence-corrected chi connectivity index (χ4v) is 3.36. The van der Waals surface area contributed by atoms with Crippen LogP contribution >= 0.6 is 0 Å². The summed E-state index contributed by atoms with van der Waals surface area (Å²) in [6, 6.07) is 0.631. The van der Waals surface area contributed by atoms with Crippen LogP contribution in [0.2, 0.25) is 0 Å². The molecule has 21 heavy (non-hydrogen) atoms. The highest BCUT2D eigenvalue weighted by molar-refractivity contribution is 4.98. The fourth-order valence-electron chi connectivity index (χ4n) is 3.36. The second-order valence-corrected chi connectivity index (χ2v) is 7.22. The average molecular weight is 299 g/mol. The Morgan fingerprint density at radius 1 is 1.19 bits per heavy atom. The van der Waals surface area contributed by atoms with Gasteiger partial charge in [0, 0.05) is 37.8 Å². The first kappa shape index (κ1) is 18.9.